The van der Waals surface area contributed by atoms with Gasteiger partial charge < -0.3 is 10.4 Å². The Bertz CT molecular complexity index is 613. The molecule has 1 aromatic heterocycles. The highest BCUT2D eigenvalue weighted by Crippen LogP contribution is 2.30. The van der Waals surface area contributed by atoms with E-state index in [-0.39, 0.29) is 5.69 Å². The van der Waals surface area contributed by atoms with E-state index in [1.807, 2.05) is 0 Å². The van der Waals surface area contributed by atoms with Crippen molar-refractivity contribution in [3.8, 4) is 0 Å². The second-order valence-electron chi connectivity index (χ2n) is 4.51. The zero-order valence-electron chi connectivity index (χ0n) is 11.9. The van der Waals surface area contributed by atoms with Gasteiger partial charge in [0, 0.05) is 10.6 Å². The Hall–Kier alpha value is -1.88. The third-order valence-electron chi connectivity index (χ3n) is 3.23. The van der Waals surface area contributed by atoms with E-state index in [0.717, 1.165) is 18.5 Å². The Balaban J connectivity index is 2.39. The number of thiazole rings is 1. The van der Waals surface area contributed by atoms with Gasteiger partial charge in [-0.2, -0.15) is 0 Å². The van der Waals surface area contributed by atoms with Crippen molar-refractivity contribution in [3.63, 3.8) is 0 Å². The molecule has 0 saturated heterocycles. The number of rotatable bonds is 5. The number of carbonyl (C=O) groups is 1. The molecule has 4 nitrogen and oxygen atoms in total. The van der Waals surface area contributed by atoms with Gasteiger partial charge in [0.2, 0.25) is 0 Å². The van der Waals surface area contributed by atoms with Crippen molar-refractivity contribution in [3.05, 3.63) is 39.9 Å². The molecule has 2 N–H and O–H groups in total. The lowest BCUT2D eigenvalue weighted by Crippen LogP contribution is -2.01. The lowest BCUT2D eigenvalue weighted by Gasteiger charge is -2.13. The molecule has 106 valence electrons. The molecule has 0 atom stereocenters. The molecule has 0 radical (unpaired) electrons. The van der Waals surface area contributed by atoms with Crippen LogP contribution in [0, 0.1) is 6.92 Å². The predicted molar refractivity (Wildman–Crippen MR) is 82.3 cm³/mol. The van der Waals surface area contributed by atoms with Crippen molar-refractivity contribution in [2.45, 2.75) is 33.6 Å². The Morgan fingerprint density at radius 3 is 2.35 bits per heavy atom. The maximum absolute atomic E-state index is 11.1. The van der Waals surface area contributed by atoms with Crippen LogP contribution in [-0.2, 0) is 12.8 Å². The molecular formula is C15H18N2O2S. The van der Waals surface area contributed by atoms with E-state index in [1.54, 1.807) is 6.92 Å². The molecule has 0 spiro atoms. The third kappa shape index (κ3) is 2.82. The Kier molecular flexibility index (Phi) is 4.39. The molecule has 2 aromatic rings. The summed E-state index contributed by atoms with van der Waals surface area (Å²) in [7, 11) is 0. The standard InChI is InChI=1S/C15H18N2O2S/c1-4-10-7-6-8-11(5-2)13(10)17-15-16-12(14(18)19)9(3)20-15/h6-8H,4-5H2,1-3H3,(H,16,17)(H,18,19). The monoisotopic (exact) mass is 290 g/mol. The molecule has 0 aliphatic carbocycles. The molecule has 0 saturated carbocycles. The number of hydrogen-bond donors (Lipinski definition) is 2. The molecule has 20 heavy (non-hydrogen) atoms. The smallest absolute Gasteiger partial charge is 0.355 e. The number of anilines is 2. The van der Waals surface area contributed by atoms with E-state index in [4.69, 9.17) is 5.11 Å². The summed E-state index contributed by atoms with van der Waals surface area (Å²) in [4.78, 5) is 15.9. The van der Waals surface area contributed by atoms with Crippen molar-refractivity contribution < 1.29 is 9.90 Å². The van der Waals surface area contributed by atoms with Crippen LogP contribution in [0.1, 0.15) is 40.3 Å². The van der Waals surface area contributed by atoms with E-state index in [0.29, 0.717) is 10.0 Å². The Morgan fingerprint density at radius 2 is 1.90 bits per heavy atom. The zero-order valence-corrected chi connectivity index (χ0v) is 12.7. The highest BCUT2D eigenvalue weighted by atomic mass is 32.1. The van der Waals surface area contributed by atoms with E-state index in [1.165, 1.54) is 22.5 Å². The molecule has 0 bridgehead atoms. The molecule has 0 unspecified atom stereocenters. The predicted octanol–water partition coefficient (Wildman–Crippen LogP) is 4.02. The number of nitrogens with zero attached hydrogens (tertiary/aromatic N) is 1. The van der Waals surface area contributed by atoms with E-state index >= 15 is 0 Å². The molecular weight excluding hydrogens is 272 g/mol. The normalized spacial score (nSPS) is 10.6. The fourth-order valence-electron chi connectivity index (χ4n) is 2.16. The van der Waals surface area contributed by atoms with E-state index in [9.17, 15) is 4.79 Å². The van der Waals surface area contributed by atoms with Crippen LogP contribution in [0.4, 0.5) is 10.8 Å². The summed E-state index contributed by atoms with van der Waals surface area (Å²) in [6.45, 7) is 5.99. The molecule has 5 heteroatoms. The maximum Gasteiger partial charge on any atom is 0.355 e. The highest BCUT2D eigenvalue weighted by molar-refractivity contribution is 7.15. The molecule has 1 aromatic carbocycles. The average Bonchev–Trinajstić information content (AvgIpc) is 2.80. The first-order valence-corrected chi connectivity index (χ1v) is 7.47. The van der Waals surface area contributed by atoms with Gasteiger partial charge in [0.1, 0.15) is 0 Å². The zero-order chi connectivity index (χ0) is 14.7. The van der Waals surface area contributed by atoms with Gasteiger partial charge in [-0.3, -0.25) is 0 Å². The first kappa shape index (κ1) is 14.5. The van der Waals surface area contributed by atoms with Gasteiger partial charge >= 0.3 is 5.97 Å². The van der Waals surface area contributed by atoms with Crippen LogP contribution in [0.2, 0.25) is 0 Å². The van der Waals surface area contributed by atoms with Crippen molar-refractivity contribution in [2.24, 2.45) is 0 Å². The number of carboxylic acid groups (broad SMARTS) is 1. The van der Waals surface area contributed by atoms with E-state index in [2.05, 4.69) is 42.3 Å². The fraction of sp³-hybridized carbons (Fsp3) is 0.333. The Morgan fingerprint density at radius 1 is 1.30 bits per heavy atom. The van der Waals surface area contributed by atoms with Crippen molar-refractivity contribution in [2.75, 3.05) is 5.32 Å². The summed E-state index contributed by atoms with van der Waals surface area (Å²) in [5, 5.41) is 13.0. The number of aryl methyl sites for hydroxylation is 3. The van der Waals surface area contributed by atoms with Crippen molar-refractivity contribution in [1.82, 2.24) is 4.98 Å². The molecule has 0 aliphatic heterocycles. The first-order chi connectivity index (χ1) is 9.56. The number of aromatic nitrogens is 1. The minimum Gasteiger partial charge on any atom is -0.476 e. The summed E-state index contributed by atoms with van der Waals surface area (Å²) in [6.07, 6.45) is 1.85. The number of nitrogens with one attached hydrogen (secondary N) is 1. The number of hydrogen-bond acceptors (Lipinski definition) is 4. The number of aromatic carboxylic acids is 1. The van der Waals surface area contributed by atoms with Crippen LogP contribution in [0.25, 0.3) is 0 Å². The van der Waals surface area contributed by atoms with Crippen LogP contribution < -0.4 is 5.32 Å². The van der Waals surface area contributed by atoms with Gasteiger partial charge in [-0.25, -0.2) is 9.78 Å². The molecule has 2 rings (SSSR count). The molecule has 1 heterocycles. The molecule has 0 aliphatic rings. The summed E-state index contributed by atoms with van der Waals surface area (Å²) in [5.41, 5.74) is 3.62. The summed E-state index contributed by atoms with van der Waals surface area (Å²) >= 11 is 1.37. The Labute approximate surface area is 122 Å². The maximum atomic E-state index is 11.1. The summed E-state index contributed by atoms with van der Waals surface area (Å²) < 4.78 is 0. The van der Waals surface area contributed by atoms with Crippen LogP contribution in [-0.4, -0.2) is 16.1 Å². The minimum absolute atomic E-state index is 0.129. The van der Waals surface area contributed by atoms with Gasteiger partial charge in [0.15, 0.2) is 10.8 Å². The summed E-state index contributed by atoms with van der Waals surface area (Å²) in [6, 6.07) is 6.22. The SMILES string of the molecule is CCc1cccc(CC)c1Nc1nc(C(=O)O)c(C)s1. The van der Waals surface area contributed by atoms with Crippen LogP contribution >= 0.6 is 11.3 Å². The molecule has 0 fully saturated rings. The highest BCUT2D eigenvalue weighted by Gasteiger charge is 2.15. The van der Waals surface area contributed by atoms with Crippen molar-refractivity contribution in [1.29, 1.82) is 0 Å². The van der Waals surface area contributed by atoms with Crippen LogP contribution in [0.15, 0.2) is 18.2 Å². The van der Waals surface area contributed by atoms with Crippen molar-refractivity contribution >= 4 is 28.1 Å². The largest absolute Gasteiger partial charge is 0.476 e. The van der Waals surface area contributed by atoms with E-state index < -0.39 is 5.97 Å². The third-order valence-corrected chi connectivity index (χ3v) is 4.12. The number of benzene rings is 1. The average molecular weight is 290 g/mol. The second-order valence-corrected chi connectivity index (χ2v) is 5.72. The topological polar surface area (TPSA) is 62.2 Å². The van der Waals surface area contributed by atoms with Gasteiger partial charge in [-0.05, 0) is 30.9 Å². The summed E-state index contributed by atoms with van der Waals surface area (Å²) in [5.74, 6) is -0.980. The van der Waals surface area contributed by atoms with Crippen LogP contribution in [0.3, 0.4) is 0 Å². The number of carboxylic acids is 1. The van der Waals surface area contributed by atoms with Gasteiger partial charge in [0.25, 0.3) is 0 Å². The fourth-order valence-corrected chi connectivity index (χ4v) is 2.97. The lowest BCUT2D eigenvalue weighted by molar-refractivity contribution is 0.0690. The quantitative estimate of drug-likeness (QED) is 0.873. The number of para-hydroxylation sites is 1. The van der Waals surface area contributed by atoms with Gasteiger partial charge in [-0.15, -0.1) is 11.3 Å². The van der Waals surface area contributed by atoms with Crippen LogP contribution in [0.5, 0.6) is 0 Å². The lowest BCUT2D eigenvalue weighted by atomic mass is 10.0. The molecule has 0 amide bonds. The van der Waals surface area contributed by atoms with Gasteiger partial charge in [-0.1, -0.05) is 32.0 Å². The second kappa shape index (κ2) is 6.05. The first-order valence-electron chi connectivity index (χ1n) is 6.65. The van der Waals surface area contributed by atoms with Gasteiger partial charge in [0.05, 0.1) is 0 Å². The minimum atomic E-state index is -0.980.